The number of rotatable bonds is 5. The summed E-state index contributed by atoms with van der Waals surface area (Å²) in [6.07, 6.45) is 7.45. The Kier molecular flexibility index (Phi) is 5.69. The van der Waals surface area contributed by atoms with Crippen LogP contribution in [0, 0.1) is 12.3 Å². The monoisotopic (exact) mass is 255 g/mol. The topological polar surface area (TPSA) is 12.0 Å². The molecule has 0 aliphatic rings. The van der Waals surface area contributed by atoms with Crippen molar-refractivity contribution in [2.24, 2.45) is 0 Å². The molecular formula is C13H15Cl2N. The molecule has 0 spiro atoms. The maximum atomic E-state index is 6.05. The molecule has 0 heterocycles. The lowest BCUT2D eigenvalue weighted by molar-refractivity contribution is 0.563. The second-order valence-corrected chi connectivity index (χ2v) is 4.47. The van der Waals surface area contributed by atoms with Gasteiger partial charge < -0.3 is 0 Å². The number of hydrogen-bond donors (Lipinski definition) is 1. The zero-order valence-corrected chi connectivity index (χ0v) is 10.8. The Morgan fingerprint density at radius 1 is 1.44 bits per heavy atom. The molecular weight excluding hydrogens is 241 g/mol. The number of hydrogen-bond acceptors (Lipinski definition) is 1. The van der Waals surface area contributed by atoms with Gasteiger partial charge in [-0.3, -0.25) is 5.32 Å². The van der Waals surface area contributed by atoms with E-state index in [1.54, 1.807) is 12.1 Å². The summed E-state index contributed by atoms with van der Waals surface area (Å²) < 4.78 is 0. The molecule has 1 N–H and O–H groups in total. The molecule has 0 amide bonds. The van der Waals surface area contributed by atoms with Gasteiger partial charge >= 0.3 is 0 Å². The van der Waals surface area contributed by atoms with Gasteiger partial charge in [0.1, 0.15) is 0 Å². The predicted molar refractivity (Wildman–Crippen MR) is 70.8 cm³/mol. The Bertz CT molecular complexity index is 382. The van der Waals surface area contributed by atoms with E-state index >= 15 is 0 Å². The van der Waals surface area contributed by atoms with Crippen LogP contribution in [0.2, 0.25) is 10.0 Å². The van der Waals surface area contributed by atoms with Crippen LogP contribution in [0.1, 0.15) is 25.3 Å². The average Bonchev–Trinajstić information content (AvgIpc) is 2.28. The van der Waals surface area contributed by atoms with Crippen LogP contribution in [0.5, 0.6) is 0 Å². The molecule has 0 fully saturated rings. The summed E-state index contributed by atoms with van der Waals surface area (Å²) in [5, 5.41) is 4.68. The zero-order chi connectivity index (χ0) is 12.0. The fourth-order valence-electron chi connectivity index (χ4n) is 1.44. The van der Waals surface area contributed by atoms with Gasteiger partial charge in [-0.2, -0.15) is 0 Å². The third-order valence-electron chi connectivity index (χ3n) is 2.33. The number of terminal acetylenes is 1. The molecule has 0 saturated heterocycles. The van der Waals surface area contributed by atoms with Gasteiger partial charge in [-0.25, -0.2) is 0 Å². The van der Waals surface area contributed by atoms with Crippen LogP contribution in [0.25, 0.3) is 0 Å². The predicted octanol–water partition coefficient (Wildman–Crippen LogP) is 3.88. The second-order valence-electron chi connectivity index (χ2n) is 3.62. The third kappa shape index (κ3) is 4.06. The van der Waals surface area contributed by atoms with Crippen LogP contribution < -0.4 is 5.32 Å². The van der Waals surface area contributed by atoms with Crippen LogP contribution in [-0.2, 0) is 6.54 Å². The number of benzene rings is 1. The Morgan fingerprint density at radius 2 is 2.19 bits per heavy atom. The molecule has 16 heavy (non-hydrogen) atoms. The Morgan fingerprint density at radius 3 is 2.81 bits per heavy atom. The molecule has 1 atom stereocenters. The van der Waals surface area contributed by atoms with Crippen LogP contribution in [0.15, 0.2) is 18.2 Å². The van der Waals surface area contributed by atoms with Crippen LogP contribution in [0.4, 0.5) is 0 Å². The molecule has 0 aromatic heterocycles. The second kappa shape index (κ2) is 6.81. The van der Waals surface area contributed by atoms with Gasteiger partial charge in [0.15, 0.2) is 0 Å². The van der Waals surface area contributed by atoms with Gasteiger partial charge in [-0.05, 0) is 30.2 Å². The summed E-state index contributed by atoms with van der Waals surface area (Å²) in [7, 11) is 0. The van der Waals surface area contributed by atoms with Crippen molar-refractivity contribution in [3.05, 3.63) is 33.8 Å². The standard InChI is InChI=1S/C13H15Cl2N/c1-3-5-12(4-2)16-9-10-8-11(14)6-7-13(10)15/h2,6-8,12,16H,3,5,9H2,1H3. The number of halogens is 2. The van der Waals surface area contributed by atoms with Crippen LogP contribution in [0.3, 0.4) is 0 Å². The van der Waals surface area contributed by atoms with Crippen molar-refractivity contribution in [2.75, 3.05) is 0 Å². The molecule has 86 valence electrons. The van der Waals surface area contributed by atoms with E-state index in [1.165, 1.54) is 0 Å². The van der Waals surface area contributed by atoms with E-state index < -0.39 is 0 Å². The van der Waals surface area contributed by atoms with Crippen LogP contribution >= 0.6 is 23.2 Å². The Labute approximate surface area is 107 Å². The van der Waals surface area contributed by atoms with Crippen molar-refractivity contribution < 1.29 is 0 Å². The molecule has 0 saturated carbocycles. The maximum Gasteiger partial charge on any atom is 0.0689 e. The van der Waals surface area contributed by atoms with Crippen LogP contribution in [-0.4, -0.2) is 6.04 Å². The molecule has 1 unspecified atom stereocenters. The van der Waals surface area contributed by atoms with Crippen molar-refractivity contribution >= 4 is 23.2 Å². The molecule has 1 aromatic rings. The van der Waals surface area contributed by atoms with Crippen molar-refractivity contribution in [1.29, 1.82) is 0 Å². The lowest BCUT2D eigenvalue weighted by Gasteiger charge is -2.12. The van der Waals surface area contributed by atoms with Gasteiger partial charge in [-0.1, -0.05) is 42.5 Å². The van der Waals surface area contributed by atoms with E-state index in [2.05, 4.69) is 18.2 Å². The molecule has 0 radical (unpaired) electrons. The van der Waals surface area contributed by atoms with Gasteiger partial charge in [-0.15, -0.1) is 6.42 Å². The average molecular weight is 256 g/mol. The van der Waals surface area contributed by atoms with Gasteiger partial charge in [0.2, 0.25) is 0 Å². The highest BCUT2D eigenvalue weighted by atomic mass is 35.5. The summed E-state index contributed by atoms with van der Waals surface area (Å²) in [6.45, 7) is 2.76. The first-order valence-corrected chi connectivity index (χ1v) is 6.06. The van der Waals surface area contributed by atoms with Gasteiger partial charge in [0.25, 0.3) is 0 Å². The highest BCUT2D eigenvalue weighted by Crippen LogP contribution is 2.20. The molecule has 1 aromatic carbocycles. The van der Waals surface area contributed by atoms with E-state index in [1.807, 2.05) is 6.07 Å². The molecule has 0 aliphatic carbocycles. The zero-order valence-electron chi connectivity index (χ0n) is 9.26. The van der Waals surface area contributed by atoms with E-state index in [-0.39, 0.29) is 6.04 Å². The summed E-state index contributed by atoms with van der Waals surface area (Å²) in [5.41, 5.74) is 0.977. The summed E-state index contributed by atoms with van der Waals surface area (Å²) in [6, 6.07) is 5.53. The van der Waals surface area contributed by atoms with E-state index in [4.69, 9.17) is 29.6 Å². The third-order valence-corrected chi connectivity index (χ3v) is 2.93. The fraction of sp³-hybridized carbons (Fsp3) is 0.385. The van der Waals surface area contributed by atoms with Crippen molar-refractivity contribution in [3.8, 4) is 12.3 Å². The lowest BCUT2D eigenvalue weighted by atomic mass is 10.1. The minimum Gasteiger partial charge on any atom is -0.300 e. The minimum atomic E-state index is 0.0973. The van der Waals surface area contributed by atoms with Crippen molar-refractivity contribution in [2.45, 2.75) is 32.4 Å². The van der Waals surface area contributed by atoms with E-state index in [0.717, 1.165) is 18.4 Å². The number of nitrogens with one attached hydrogen (secondary N) is 1. The first-order valence-electron chi connectivity index (χ1n) is 5.30. The Balaban J connectivity index is 2.60. The van der Waals surface area contributed by atoms with Crippen molar-refractivity contribution in [3.63, 3.8) is 0 Å². The smallest absolute Gasteiger partial charge is 0.0689 e. The summed E-state index contributed by atoms with van der Waals surface area (Å²) in [4.78, 5) is 0. The Hall–Kier alpha value is -0.680. The normalized spacial score (nSPS) is 12.1. The summed E-state index contributed by atoms with van der Waals surface area (Å²) in [5.74, 6) is 2.72. The molecule has 1 rings (SSSR count). The highest BCUT2D eigenvalue weighted by molar-refractivity contribution is 6.33. The van der Waals surface area contributed by atoms with Crippen molar-refractivity contribution in [1.82, 2.24) is 5.32 Å². The highest BCUT2D eigenvalue weighted by Gasteiger charge is 2.05. The fourth-order valence-corrected chi connectivity index (χ4v) is 1.82. The lowest BCUT2D eigenvalue weighted by Crippen LogP contribution is -2.26. The quantitative estimate of drug-likeness (QED) is 0.788. The first kappa shape index (κ1) is 13.4. The molecule has 0 aliphatic heterocycles. The SMILES string of the molecule is C#CC(CCC)NCc1cc(Cl)ccc1Cl. The maximum absolute atomic E-state index is 6.05. The van der Waals surface area contributed by atoms with E-state index in [0.29, 0.717) is 16.6 Å². The van der Waals surface area contributed by atoms with Gasteiger partial charge in [0, 0.05) is 16.6 Å². The summed E-state index contributed by atoms with van der Waals surface area (Å²) >= 11 is 12.0. The largest absolute Gasteiger partial charge is 0.300 e. The van der Waals surface area contributed by atoms with Gasteiger partial charge in [0.05, 0.1) is 6.04 Å². The molecule has 1 nitrogen and oxygen atoms in total. The minimum absolute atomic E-state index is 0.0973. The molecule has 0 bridgehead atoms. The van der Waals surface area contributed by atoms with E-state index in [9.17, 15) is 0 Å². The first-order chi connectivity index (χ1) is 7.67. The molecule has 3 heteroatoms.